The van der Waals surface area contributed by atoms with Crippen LogP contribution in [0.25, 0.3) is 0 Å². The number of carbonyl (C=O) groups excluding carboxylic acids is 1. The van der Waals surface area contributed by atoms with Crippen LogP contribution in [0.1, 0.15) is 21.0 Å². The highest BCUT2D eigenvalue weighted by Crippen LogP contribution is 2.18. The first-order chi connectivity index (χ1) is 8.70. The molecule has 2 aromatic heterocycles. The van der Waals surface area contributed by atoms with Gasteiger partial charge in [0.25, 0.3) is 5.91 Å². The van der Waals surface area contributed by atoms with Crippen LogP contribution in [0, 0.1) is 0 Å². The van der Waals surface area contributed by atoms with Crippen molar-refractivity contribution in [1.82, 2.24) is 10.3 Å². The van der Waals surface area contributed by atoms with Crippen molar-refractivity contribution in [2.24, 2.45) is 5.84 Å². The number of hydrazine groups is 1. The normalized spacial score (nSPS) is 10.8. The van der Waals surface area contributed by atoms with E-state index in [1.807, 2.05) is 30.6 Å². The summed E-state index contributed by atoms with van der Waals surface area (Å²) >= 11 is 1.39. The monoisotopic (exact) mass is 265 g/mol. The Labute approximate surface area is 109 Å². The van der Waals surface area contributed by atoms with E-state index in [4.69, 9.17) is 10.3 Å². The lowest BCUT2D eigenvalue weighted by atomic mass is 10.2. The molecule has 2 rings (SSSR count). The molecule has 0 aromatic carbocycles. The number of hydrogen-bond acceptors (Lipinski definition) is 5. The smallest absolute Gasteiger partial charge is 0.275 e. The Morgan fingerprint density at radius 1 is 1.50 bits per heavy atom. The van der Waals surface area contributed by atoms with E-state index in [0.717, 1.165) is 11.3 Å². The summed E-state index contributed by atoms with van der Waals surface area (Å²) in [6.07, 6.45) is 1.65. The van der Waals surface area contributed by atoms with Crippen LogP contribution in [0.5, 0.6) is 0 Å². The van der Waals surface area contributed by atoms with Gasteiger partial charge in [-0.05, 0) is 36.2 Å². The number of nitrogens with zero attached hydrogens (tertiary/aromatic N) is 1. The predicted octanol–water partition coefficient (Wildman–Crippen LogP) is 1.58. The molecule has 1 amide bonds. The summed E-state index contributed by atoms with van der Waals surface area (Å²) in [6, 6.07) is 5.73. The van der Waals surface area contributed by atoms with Crippen molar-refractivity contribution in [3.05, 3.63) is 46.0 Å². The number of hydrogen-bond donors (Lipinski definition) is 2. The first-order valence-corrected chi connectivity index (χ1v) is 6.37. The average Bonchev–Trinajstić information content (AvgIpc) is 2.99. The summed E-state index contributed by atoms with van der Waals surface area (Å²) in [6.45, 7) is 1.37. The highest BCUT2D eigenvalue weighted by atomic mass is 32.1. The van der Waals surface area contributed by atoms with Crippen molar-refractivity contribution >= 4 is 17.2 Å². The predicted molar refractivity (Wildman–Crippen MR) is 69.9 cm³/mol. The molecule has 96 valence electrons. The minimum atomic E-state index is -0.244. The third kappa shape index (κ3) is 2.98. The Balaban J connectivity index is 2.01. The van der Waals surface area contributed by atoms with E-state index < -0.39 is 0 Å². The van der Waals surface area contributed by atoms with Crippen LogP contribution >= 0.6 is 11.3 Å². The number of carbonyl (C=O) groups is 1. The SMILES string of the molecule is CN(Cc1ccco1)Cc1ccsc1C(=O)NN. The van der Waals surface area contributed by atoms with Crippen molar-refractivity contribution in [2.75, 3.05) is 7.05 Å². The second kappa shape index (κ2) is 5.81. The maximum Gasteiger partial charge on any atom is 0.275 e. The molecule has 0 atom stereocenters. The van der Waals surface area contributed by atoms with Gasteiger partial charge in [-0.15, -0.1) is 11.3 Å². The lowest BCUT2D eigenvalue weighted by Gasteiger charge is -2.15. The van der Waals surface area contributed by atoms with E-state index in [2.05, 4.69) is 10.3 Å². The number of nitrogen functional groups attached to an aromatic ring is 1. The van der Waals surface area contributed by atoms with Gasteiger partial charge in [-0.1, -0.05) is 0 Å². The molecule has 6 heteroatoms. The van der Waals surface area contributed by atoms with Gasteiger partial charge in [0.2, 0.25) is 0 Å². The summed E-state index contributed by atoms with van der Waals surface area (Å²) in [5, 5.41) is 1.89. The maximum absolute atomic E-state index is 11.5. The van der Waals surface area contributed by atoms with Crippen molar-refractivity contribution in [2.45, 2.75) is 13.1 Å². The van der Waals surface area contributed by atoms with E-state index in [-0.39, 0.29) is 5.91 Å². The quantitative estimate of drug-likeness (QED) is 0.489. The minimum Gasteiger partial charge on any atom is -0.468 e. The Morgan fingerprint density at radius 3 is 3.00 bits per heavy atom. The molecule has 0 radical (unpaired) electrons. The summed E-state index contributed by atoms with van der Waals surface area (Å²) in [7, 11) is 1.98. The van der Waals surface area contributed by atoms with Crippen molar-refractivity contribution < 1.29 is 9.21 Å². The van der Waals surface area contributed by atoms with Crippen LogP contribution in [0.4, 0.5) is 0 Å². The van der Waals surface area contributed by atoms with Crippen molar-refractivity contribution in [3.63, 3.8) is 0 Å². The average molecular weight is 265 g/mol. The number of thiophene rings is 1. The number of nitrogens with two attached hydrogens (primary N) is 1. The van der Waals surface area contributed by atoms with Gasteiger partial charge in [0.1, 0.15) is 5.76 Å². The summed E-state index contributed by atoms with van der Waals surface area (Å²) < 4.78 is 5.28. The van der Waals surface area contributed by atoms with E-state index >= 15 is 0 Å². The highest BCUT2D eigenvalue weighted by Gasteiger charge is 2.13. The molecular weight excluding hydrogens is 250 g/mol. The molecule has 3 N–H and O–H groups in total. The zero-order chi connectivity index (χ0) is 13.0. The molecule has 2 aromatic rings. The molecule has 2 heterocycles. The van der Waals surface area contributed by atoms with Gasteiger partial charge >= 0.3 is 0 Å². The Morgan fingerprint density at radius 2 is 2.33 bits per heavy atom. The van der Waals surface area contributed by atoms with Gasteiger partial charge in [0, 0.05) is 6.54 Å². The molecule has 0 spiro atoms. The van der Waals surface area contributed by atoms with Gasteiger partial charge in [-0.25, -0.2) is 5.84 Å². The number of rotatable bonds is 5. The molecule has 0 aliphatic carbocycles. The van der Waals surface area contributed by atoms with Crippen molar-refractivity contribution in [1.29, 1.82) is 0 Å². The number of nitrogens with one attached hydrogen (secondary N) is 1. The van der Waals surface area contributed by atoms with E-state index in [1.165, 1.54) is 11.3 Å². The zero-order valence-electron chi connectivity index (χ0n) is 10.1. The Kier molecular flexibility index (Phi) is 4.14. The van der Waals surface area contributed by atoms with E-state index in [1.54, 1.807) is 6.26 Å². The van der Waals surface area contributed by atoms with Crippen LogP contribution in [-0.2, 0) is 13.1 Å². The molecule has 0 fully saturated rings. The molecule has 5 nitrogen and oxygen atoms in total. The fourth-order valence-corrected chi connectivity index (χ4v) is 2.56. The molecule has 0 bridgehead atoms. The second-order valence-electron chi connectivity index (χ2n) is 4.00. The van der Waals surface area contributed by atoms with Gasteiger partial charge < -0.3 is 4.42 Å². The topological polar surface area (TPSA) is 71.5 Å². The number of furan rings is 1. The zero-order valence-corrected chi connectivity index (χ0v) is 10.9. The number of amides is 1. The Hall–Kier alpha value is -1.63. The molecule has 0 aliphatic rings. The lowest BCUT2D eigenvalue weighted by Crippen LogP contribution is -2.30. The highest BCUT2D eigenvalue weighted by molar-refractivity contribution is 7.12. The summed E-state index contributed by atoms with van der Waals surface area (Å²) in [5.74, 6) is 5.81. The van der Waals surface area contributed by atoms with E-state index in [9.17, 15) is 4.79 Å². The summed E-state index contributed by atoms with van der Waals surface area (Å²) in [4.78, 5) is 14.3. The largest absolute Gasteiger partial charge is 0.468 e. The molecule has 18 heavy (non-hydrogen) atoms. The van der Waals surface area contributed by atoms with Gasteiger partial charge in [0.05, 0.1) is 17.7 Å². The molecule has 0 unspecified atom stereocenters. The first-order valence-electron chi connectivity index (χ1n) is 5.49. The van der Waals surface area contributed by atoms with Gasteiger partial charge in [-0.3, -0.25) is 15.1 Å². The second-order valence-corrected chi connectivity index (χ2v) is 4.92. The third-order valence-corrected chi connectivity index (χ3v) is 3.49. The minimum absolute atomic E-state index is 0.244. The van der Waals surface area contributed by atoms with Crippen LogP contribution < -0.4 is 11.3 Å². The van der Waals surface area contributed by atoms with Crippen LogP contribution in [0.2, 0.25) is 0 Å². The van der Waals surface area contributed by atoms with Gasteiger partial charge in [-0.2, -0.15) is 0 Å². The van der Waals surface area contributed by atoms with E-state index in [0.29, 0.717) is 18.0 Å². The fourth-order valence-electron chi connectivity index (χ4n) is 1.74. The molecule has 0 saturated heterocycles. The van der Waals surface area contributed by atoms with Crippen LogP contribution in [-0.4, -0.2) is 17.9 Å². The lowest BCUT2D eigenvalue weighted by molar-refractivity contribution is 0.0956. The standard InChI is InChI=1S/C12H15N3O2S/c1-15(8-10-3-2-5-17-10)7-9-4-6-18-11(9)12(16)14-13/h2-6H,7-8,13H2,1H3,(H,14,16). The first kappa shape index (κ1) is 12.8. The van der Waals surface area contributed by atoms with Gasteiger partial charge in [0.15, 0.2) is 0 Å². The third-order valence-electron chi connectivity index (χ3n) is 2.53. The Bertz CT molecular complexity index is 507. The maximum atomic E-state index is 11.5. The molecule has 0 aliphatic heterocycles. The molecule has 0 saturated carbocycles. The van der Waals surface area contributed by atoms with Crippen molar-refractivity contribution in [3.8, 4) is 0 Å². The fraction of sp³-hybridized carbons (Fsp3) is 0.250. The molecular formula is C12H15N3O2S. The van der Waals surface area contributed by atoms with Crippen LogP contribution in [0.3, 0.4) is 0 Å². The summed E-state index contributed by atoms with van der Waals surface area (Å²) in [5.41, 5.74) is 3.13. The van der Waals surface area contributed by atoms with Crippen LogP contribution in [0.15, 0.2) is 34.3 Å².